The maximum absolute atomic E-state index is 12.7. The number of hydrogen-bond donors (Lipinski definition) is 0. The van der Waals surface area contributed by atoms with Gasteiger partial charge in [-0.3, -0.25) is 4.79 Å². The molecule has 0 amide bonds. The van der Waals surface area contributed by atoms with Gasteiger partial charge in [-0.2, -0.15) is 0 Å². The molecule has 35 heavy (non-hydrogen) atoms. The summed E-state index contributed by atoms with van der Waals surface area (Å²) in [6, 6.07) is 10.5. The predicted octanol–water partition coefficient (Wildman–Crippen LogP) is 8.21. The van der Waals surface area contributed by atoms with Gasteiger partial charge < -0.3 is 18.9 Å². The minimum absolute atomic E-state index is 0.0364. The number of hydrogen-bond acceptors (Lipinski definition) is 5. The van der Waals surface area contributed by atoms with Gasteiger partial charge in [-0.15, -0.1) is 0 Å². The van der Waals surface area contributed by atoms with Gasteiger partial charge in [0.2, 0.25) is 0 Å². The molecule has 0 atom stereocenters. The Balaban J connectivity index is 1.53. The van der Waals surface area contributed by atoms with E-state index in [1.165, 1.54) is 13.2 Å². The molecule has 0 aromatic heterocycles. The van der Waals surface area contributed by atoms with Crippen molar-refractivity contribution in [2.45, 2.75) is 6.61 Å². The van der Waals surface area contributed by atoms with Crippen LogP contribution < -0.4 is 18.9 Å². The monoisotopic (exact) mass is 572 g/mol. The topological polar surface area (TPSA) is 54.0 Å². The number of ether oxygens (including phenoxy) is 4. The molecule has 5 nitrogen and oxygen atoms in total. The minimum Gasteiger partial charge on any atom is -0.496 e. The molecule has 4 rings (SSSR count). The Morgan fingerprint density at radius 2 is 1.54 bits per heavy atom. The number of fused-ring (bicyclic) bond motifs is 1. The number of allylic oxidation sites excluding steroid dienone is 1. The lowest BCUT2D eigenvalue weighted by molar-refractivity contribution is 0.104. The molecule has 0 radical (unpaired) electrons. The van der Waals surface area contributed by atoms with Crippen LogP contribution in [0.15, 0.2) is 42.5 Å². The quantitative estimate of drug-likeness (QED) is 0.123. The summed E-state index contributed by atoms with van der Waals surface area (Å²) in [4.78, 5) is 12.7. The average Bonchev–Trinajstić information content (AvgIpc) is 2.89. The number of rotatable bonds is 7. The van der Waals surface area contributed by atoms with Crippen molar-refractivity contribution in [3.05, 3.63) is 84.3 Å². The molecule has 0 bridgehead atoms. The Morgan fingerprint density at radius 3 is 2.23 bits per heavy atom. The third-order valence-corrected chi connectivity index (χ3v) is 7.34. The van der Waals surface area contributed by atoms with E-state index in [9.17, 15) is 4.79 Å². The highest BCUT2D eigenvalue weighted by atomic mass is 35.5. The number of halogens is 5. The van der Waals surface area contributed by atoms with Gasteiger partial charge in [-0.25, -0.2) is 0 Å². The first-order valence-corrected chi connectivity index (χ1v) is 12.1. The summed E-state index contributed by atoms with van der Waals surface area (Å²) < 4.78 is 22.3. The molecule has 1 heterocycles. The summed E-state index contributed by atoms with van der Waals surface area (Å²) in [6.45, 7) is 0.969. The molecule has 0 aliphatic carbocycles. The molecule has 3 aromatic rings. The highest BCUT2D eigenvalue weighted by Gasteiger charge is 2.21. The van der Waals surface area contributed by atoms with Gasteiger partial charge in [0, 0.05) is 11.1 Å². The third kappa shape index (κ3) is 5.60. The van der Waals surface area contributed by atoms with Gasteiger partial charge in [0.25, 0.3) is 0 Å². The van der Waals surface area contributed by atoms with Crippen LogP contribution in [0.4, 0.5) is 0 Å². The van der Waals surface area contributed by atoms with E-state index in [1.54, 1.807) is 30.3 Å². The van der Waals surface area contributed by atoms with Crippen LogP contribution in [0.2, 0.25) is 25.1 Å². The summed E-state index contributed by atoms with van der Waals surface area (Å²) in [7, 11) is 1.54. The number of methoxy groups -OCH3 is 1. The van der Waals surface area contributed by atoms with Crippen LogP contribution in [-0.2, 0) is 6.61 Å². The van der Waals surface area contributed by atoms with Crippen LogP contribution in [0, 0.1) is 0 Å². The lowest BCUT2D eigenvalue weighted by Crippen LogP contribution is -2.15. The smallest absolute Gasteiger partial charge is 0.185 e. The van der Waals surface area contributed by atoms with Crippen LogP contribution in [0.1, 0.15) is 21.5 Å². The minimum atomic E-state index is -0.181. The van der Waals surface area contributed by atoms with E-state index in [1.807, 2.05) is 12.1 Å². The van der Waals surface area contributed by atoms with Crippen LogP contribution in [0.25, 0.3) is 6.08 Å². The largest absolute Gasteiger partial charge is 0.496 e. The number of benzene rings is 3. The third-order valence-electron chi connectivity index (χ3n) is 5.10. The predicted molar refractivity (Wildman–Crippen MR) is 140 cm³/mol. The van der Waals surface area contributed by atoms with Crippen molar-refractivity contribution in [3.8, 4) is 23.0 Å². The van der Waals surface area contributed by atoms with Gasteiger partial charge in [-0.05, 0) is 42.0 Å². The van der Waals surface area contributed by atoms with Crippen molar-refractivity contribution in [1.82, 2.24) is 0 Å². The fourth-order valence-electron chi connectivity index (χ4n) is 3.34. The van der Waals surface area contributed by atoms with Gasteiger partial charge in [-0.1, -0.05) is 70.1 Å². The van der Waals surface area contributed by atoms with E-state index in [-0.39, 0.29) is 43.3 Å². The van der Waals surface area contributed by atoms with E-state index >= 15 is 0 Å². The zero-order chi connectivity index (χ0) is 25.1. The van der Waals surface area contributed by atoms with Crippen molar-refractivity contribution in [1.29, 1.82) is 0 Å². The Morgan fingerprint density at radius 1 is 0.886 bits per heavy atom. The zero-order valence-electron chi connectivity index (χ0n) is 18.2. The molecule has 182 valence electrons. The summed E-state index contributed by atoms with van der Waals surface area (Å²) in [5.41, 5.74) is 1.92. The molecular weight excluding hydrogens is 558 g/mol. The fraction of sp³-hybridized carbons (Fsp3) is 0.160. The average molecular weight is 575 g/mol. The van der Waals surface area contributed by atoms with E-state index in [0.29, 0.717) is 41.6 Å². The van der Waals surface area contributed by atoms with E-state index in [4.69, 9.17) is 77.0 Å². The SMILES string of the molecule is COc1ccc(/C=C/C(=O)c2ccc3c(c2)OCCO3)cc1COc1c(Cl)c(Cl)c(Cl)c(Cl)c1Cl. The first kappa shape index (κ1) is 25.8. The number of carbonyl (C=O) groups excluding carboxylic acids is 1. The highest BCUT2D eigenvalue weighted by Crippen LogP contribution is 2.48. The van der Waals surface area contributed by atoms with Crippen LogP contribution >= 0.6 is 58.0 Å². The lowest BCUT2D eigenvalue weighted by Gasteiger charge is -2.18. The van der Waals surface area contributed by atoms with Crippen molar-refractivity contribution in [3.63, 3.8) is 0 Å². The van der Waals surface area contributed by atoms with E-state index in [0.717, 1.165) is 5.56 Å². The maximum atomic E-state index is 12.7. The van der Waals surface area contributed by atoms with Gasteiger partial charge >= 0.3 is 0 Å². The standard InChI is InChI=1S/C25H17Cl5O5/c1-32-17-6-3-13(2-5-16(31)14-4-7-18-19(11-14)34-9-8-33-18)10-15(17)12-35-25-23(29)21(27)20(26)22(28)24(25)30/h2-7,10-11H,8-9,12H2,1H3/b5-2+. The zero-order valence-corrected chi connectivity index (χ0v) is 22.0. The summed E-state index contributed by atoms with van der Waals surface area (Å²) in [5, 5.41) is 0.221. The molecule has 3 aromatic carbocycles. The Bertz CT molecular complexity index is 1290. The summed E-state index contributed by atoms with van der Waals surface area (Å²) in [5.74, 6) is 1.67. The second kappa shape index (κ2) is 11.2. The van der Waals surface area contributed by atoms with Gasteiger partial charge in [0.05, 0.1) is 22.2 Å². The molecule has 0 unspecified atom stereocenters. The molecular formula is C25H17Cl5O5. The molecule has 10 heteroatoms. The van der Waals surface area contributed by atoms with Crippen LogP contribution in [-0.4, -0.2) is 26.1 Å². The van der Waals surface area contributed by atoms with E-state index < -0.39 is 0 Å². The van der Waals surface area contributed by atoms with Crippen molar-refractivity contribution in [2.24, 2.45) is 0 Å². The van der Waals surface area contributed by atoms with Crippen LogP contribution in [0.3, 0.4) is 0 Å². The van der Waals surface area contributed by atoms with Crippen LogP contribution in [0.5, 0.6) is 23.0 Å². The maximum Gasteiger partial charge on any atom is 0.185 e. The second-order valence-corrected chi connectivity index (χ2v) is 9.20. The summed E-state index contributed by atoms with van der Waals surface area (Å²) >= 11 is 30.8. The normalized spacial score (nSPS) is 12.6. The Kier molecular flexibility index (Phi) is 8.25. The second-order valence-electron chi connectivity index (χ2n) is 7.32. The van der Waals surface area contributed by atoms with Gasteiger partial charge in [0.1, 0.15) is 35.6 Å². The van der Waals surface area contributed by atoms with E-state index in [2.05, 4.69) is 0 Å². The van der Waals surface area contributed by atoms with Crippen molar-refractivity contribution >= 4 is 69.9 Å². The molecule has 0 fully saturated rings. The fourth-order valence-corrected chi connectivity index (χ4v) is 4.57. The van der Waals surface area contributed by atoms with Crippen molar-refractivity contribution in [2.75, 3.05) is 20.3 Å². The molecule has 0 spiro atoms. The lowest BCUT2D eigenvalue weighted by atomic mass is 10.1. The molecule has 0 saturated heterocycles. The first-order chi connectivity index (χ1) is 16.8. The summed E-state index contributed by atoms with van der Waals surface area (Å²) in [6.07, 6.45) is 3.17. The highest BCUT2D eigenvalue weighted by molar-refractivity contribution is 6.55. The molecule has 0 saturated carbocycles. The van der Waals surface area contributed by atoms with Gasteiger partial charge in [0.15, 0.2) is 23.0 Å². The first-order valence-electron chi connectivity index (χ1n) is 10.2. The number of carbonyl (C=O) groups is 1. The molecule has 1 aliphatic heterocycles. The van der Waals surface area contributed by atoms with Crippen molar-refractivity contribution < 1.29 is 23.7 Å². The Labute approximate surface area is 227 Å². The Hall–Kier alpha value is -2.28. The molecule has 1 aliphatic rings. The molecule has 0 N–H and O–H groups in total. The number of ketones is 1.